The molecule has 0 fully saturated rings. The Morgan fingerprint density at radius 1 is 1.88 bits per heavy atom. The van der Waals surface area contributed by atoms with Gasteiger partial charge in [-0.25, -0.2) is 4.72 Å². The molecule has 0 aromatic heterocycles. The fraction of sp³-hybridized carbons (Fsp3) is 0.500. The molecule has 4 heteroatoms. The molecule has 1 N–H and O–H groups in total. The predicted octanol–water partition coefficient (Wildman–Crippen LogP) is -0.0538. The SMILES string of the molecule is CC=CCNS(=O)[O-]. The molecule has 0 aliphatic carbocycles. The molecule has 0 saturated carbocycles. The fourth-order valence-corrected chi connectivity index (χ4v) is 0.466. The van der Waals surface area contributed by atoms with Crippen LogP contribution in [0.25, 0.3) is 0 Å². The molecule has 0 spiro atoms. The molecule has 0 saturated heterocycles. The van der Waals surface area contributed by atoms with Crippen molar-refractivity contribution in [2.45, 2.75) is 6.92 Å². The van der Waals surface area contributed by atoms with Crippen molar-refractivity contribution < 1.29 is 8.76 Å². The van der Waals surface area contributed by atoms with Crippen LogP contribution in [-0.4, -0.2) is 15.3 Å². The van der Waals surface area contributed by atoms with Gasteiger partial charge in [-0.15, -0.1) is 0 Å². The molecule has 0 aliphatic rings. The summed E-state index contributed by atoms with van der Waals surface area (Å²) in [6, 6.07) is 0. The molecule has 0 heterocycles. The van der Waals surface area contributed by atoms with Crippen molar-refractivity contribution >= 4 is 11.3 Å². The van der Waals surface area contributed by atoms with Crippen molar-refractivity contribution in [3.05, 3.63) is 12.2 Å². The Balaban J connectivity index is 3.05. The van der Waals surface area contributed by atoms with Crippen molar-refractivity contribution in [3.63, 3.8) is 0 Å². The third-order valence-corrected chi connectivity index (χ3v) is 0.957. The molecule has 1 atom stereocenters. The summed E-state index contributed by atoms with van der Waals surface area (Å²) in [5.74, 6) is 0. The monoisotopic (exact) mass is 134 g/mol. The van der Waals surface area contributed by atoms with Gasteiger partial charge in [-0.05, 0) is 6.92 Å². The molecule has 48 valence electrons. The number of nitrogens with one attached hydrogen (secondary N) is 1. The van der Waals surface area contributed by atoms with Crippen molar-refractivity contribution in [2.24, 2.45) is 0 Å². The van der Waals surface area contributed by atoms with Gasteiger partial charge in [-0.2, -0.15) is 0 Å². The second-order valence-corrected chi connectivity index (χ2v) is 1.91. The molecule has 0 aromatic carbocycles. The average molecular weight is 134 g/mol. The van der Waals surface area contributed by atoms with Crippen LogP contribution in [0.2, 0.25) is 0 Å². The van der Waals surface area contributed by atoms with Gasteiger partial charge >= 0.3 is 0 Å². The van der Waals surface area contributed by atoms with Crippen LogP contribution in [0.15, 0.2) is 12.2 Å². The van der Waals surface area contributed by atoms with Gasteiger partial charge in [0.15, 0.2) is 0 Å². The van der Waals surface area contributed by atoms with Gasteiger partial charge < -0.3 is 4.55 Å². The molecular formula is C4H8NO2S-. The van der Waals surface area contributed by atoms with Crippen LogP contribution in [-0.2, 0) is 11.3 Å². The lowest BCUT2D eigenvalue weighted by Crippen LogP contribution is -2.15. The van der Waals surface area contributed by atoms with Crippen molar-refractivity contribution in [3.8, 4) is 0 Å². The molecule has 0 rings (SSSR count). The Bertz CT molecular complexity index is 102. The lowest BCUT2D eigenvalue weighted by molar-refractivity contribution is 0.526. The average Bonchev–Trinajstić information content (AvgIpc) is 1.66. The highest BCUT2D eigenvalue weighted by Crippen LogP contribution is 1.67. The molecular weight excluding hydrogens is 126 g/mol. The molecule has 0 bridgehead atoms. The van der Waals surface area contributed by atoms with Gasteiger partial charge in [-0.3, -0.25) is 4.21 Å². The van der Waals surface area contributed by atoms with Crippen LogP contribution in [0.4, 0.5) is 0 Å². The van der Waals surface area contributed by atoms with E-state index in [9.17, 15) is 8.76 Å². The van der Waals surface area contributed by atoms with E-state index in [1.807, 2.05) is 6.92 Å². The fourth-order valence-electron chi connectivity index (χ4n) is 0.234. The Kier molecular flexibility index (Phi) is 4.84. The minimum atomic E-state index is -2.12. The second kappa shape index (κ2) is 4.96. The molecule has 1 unspecified atom stereocenters. The zero-order valence-corrected chi connectivity index (χ0v) is 5.40. The van der Waals surface area contributed by atoms with Gasteiger partial charge in [0, 0.05) is 17.8 Å². The third kappa shape index (κ3) is 5.81. The summed E-state index contributed by atoms with van der Waals surface area (Å²) in [5.41, 5.74) is 0. The van der Waals surface area contributed by atoms with E-state index in [1.54, 1.807) is 12.2 Å². The van der Waals surface area contributed by atoms with Crippen molar-refractivity contribution in [2.75, 3.05) is 6.54 Å². The number of hydrogen-bond acceptors (Lipinski definition) is 2. The summed E-state index contributed by atoms with van der Waals surface area (Å²) in [4.78, 5) is 0. The number of hydrogen-bond donors (Lipinski definition) is 1. The van der Waals surface area contributed by atoms with Crippen molar-refractivity contribution in [1.82, 2.24) is 4.72 Å². The van der Waals surface area contributed by atoms with E-state index in [4.69, 9.17) is 0 Å². The van der Waals surface area contributed by atoms with E-state index in [-0.39, 0.29) is 0 Å². The molecule has 0 aromatic rings. The van der Waals surface area contributed by atoms with Crippen molar-refractivity contribution in [1.29, 1.82) is 0 Å². The van der Waals surface area contributed by atoms with Gasteiger partial charge in [0.1, 0.15) is 0 Å². The van der Waals surface area contributed by atoms with E-state index >= 15 is 0 Å². The van der Waals surface area contributed by atoms with E-state index in [0.29, 0.717) is 6.54 Å². The summed E-state index contributed by atoms with van der Waals surface area (Å²) < 4.78 is 21.6. The first-order chi connectivity index (χ1) is 3.77. The van der Waals surface area contributed by atoms with Crippen LogP contribution < -0.4 is 4.72 Å². The summed E-state index contributed by atoms with van der Waals surface area (Å²) in [5, 5.41) is 0. The van der Waals surface area contributed by atoms with Gasteiger partial charge in [0.25, 0.3) is 0 Å². The summed E-state index contributed by atoms with van der Waals surface area (Å²) in [6.45, 7) is 2.21. The van der Waals surface area contributed by atoms with Crippen LogP contribution >= 0.6 is 0 Å². The highest BCUT2D eigenvalue weighted by molar-refractivity contribution is 7.77. The largest absolute Gasteiger partial charge is 0.760 e. The standard InChI is InChI=1S/C4H9NO2S/c1-2-3-4-5-8(6)7/h2-3,5H,4H2,1H3,(H,6,7)/p-1. The first-order valence-corrected chi connectivity index (χ1v) is 3.28. The smallest absolute Gasteiger partial charge is 0.0252 e. The lowest BCUT2D eigenvalue weighted by Gasteiger charge is -2.01. The van der Waals surface area contributed by atoms with Crippen LogP contribution in [0.3, 0.4) is 0 Å². The Labute approximate surface area is 51.2 Å². The minimum Gasteiger partial charge on any atom is -0.760 e. The second-order valence-electron chi connectivity index (χ2n) is 1.15. The maximum Gasteiger partial charge on any atom is 0.0252 e. The van der Waals surface area contributed by atoms with Gasteiger partial charge in [0.2, 0.25) is 0 Å². The molecule has 0 aliphatic heterocycles. The van der Waals surface area contributed by atoms with E-state index in [0.717, 1.165) is 0 Å². The first-order valence-electron chi connectivity index (χ1n) is 2.21. The molecule has 0 radical (unpaired) electrons. The first kappa shape index (κ1) is 7.81. The van der Waals surface area contributed by atoms with E-state index in [2.05, 4.69) is 4.72 Å². The zero-order valence-electron chi connectivity index (χ0n) is 4.59. The number of rotatable bonds is 3. The number of allylic oxidation sites excluding steroid dienone is 1. The highest BCUT2D eigenvalue weighted by Gasteiger charge is 1.73. The normalized spacial score (nSPS) is 14.8. The Morgan fingerprint density at radius 3 is 2.88 bits per heavy atom. The predicted molar refractivity (Wildman–Crippen MR) is 31.7 cm³/mol. The maximum atomic E-state index is 9.73. The van der Waals surface area contributed by atoms with Crippen LogP contribution in [0, 0.1) is 0 Å². The van der Waals surface area contributed by atoms with Gasteiger partial charge in [0.05, 0.1) is 0 Å². The third-order valence-electron chi connectivity index (χ3n) is 0.555. The maximum absolute atomic E-state index is 9.73. The van der Waals surface area contributed by atoms with Gasteiger partial charge in [-0.1, -0.05) is 12.2 Å². The van der Waals surface area contributed by atoms with Crippen LogP contribution in [0.5, 0.6) is 0 Å². The Hall–Kier alpha value is -0.190. The Morgan fingerprint density at radius 2 is 2.50 bits per heavy atom. The lowest BCUT2D eigenvalue weighted by atomic mass is 10.5. The van der Waals surface area contributed by atoms with Crippen LogP contribution in [0.1, 0.15) is 6.92 Å². The molecule has 0 amide bonds. The van der Waals surface area contributed by atoms with E-state index < -0.39 is 11.3 Å². The highest BCUT2D eigenvalue weighted by atomic mass is 32.2. The van der Waals surface area contributed by atoms with E-state index in [1.165, 1.54) is 0 Å². The summed E-state index contributed by atoms with van der Waals surface area (Å²) in [6.07, 6.45) is 3.50. The minimum absolute atomic E-state index is 0.382. The quantitative estimate of drug-likeness (QED) is 0.434. The summed E-state index contributed by atoms with van der Waals surface area (Å²) in [7, 11) is 0. The zero-order chi connectivity index (χ0) is 6.41. The molecule has 8 heavy (non-hydrogen) atoms. The topological polar surface area (TPSA) is 52.2 Å². The summed E-state index contributed by atoms with van der Waals surface area (Å²) >= 11 is -2.12. The molecule has 3 nitrogen and oxygen atoms in total.